The predicted octanol–water partition coefficient (Wildman–Crippen LogP) is 4.26. The standard InChI is InChI=1S/C34H38N4O7S/c1-5-23-18-34(23,29(39)20-46(42,43)25-10-11-25)37-30(40)28-17-24(19-38(28)32(41)45-33(2,3)4)44-31-26-9-7-6-8-22(26)16-27(36-31)21-12-14-35-15-13-21/h5-9,12-16,23-25,28H,1,10-11,17-20H2,2-4H3,(H,37,40)/t23-,24-,28+,34-/m1/s1. The summed E-state index contributed by atoms with van der Waals surface area (Å²) in [6, 6.07) is 12.3. The third kappa shape index (κ3) is 6.48. The number of nitrogens with one attached hydrogen (secondary N) is 1. The monoisotopic (exact) mass is 646 g/mol. The lowest BCUT2D eigenvalue weighted by Gasteiger charge is -2.29. The Bertz CT molecular complexity index is 1800. The maximum Gasteiger partial charge on any atom is 0.411 e. The number of benzene rings is 1. The fourth-order valence-corrected chi connectivity index (χ4v) is 7.72. The summed E-state index contributed by atoms with van der Waals surface area (Å²) in [6.07, 6.45) is 5.02. The highest BCUT2D eigenvalue weighted by Gasteiger charge is 2.61. The van der Waals surface area contributed by atoms with E-state index >= 15 is 0 Å². The molecule has 3 aromatic rings. The summed E-state index contributed by atoms with van der Waals surface area (Å²) < 4.78 is 37.4. The van der Waals surface area contributed by atoms with Crippen molar-refractivity contribution < 1.29 is 32.3 Å². The number of aromatic nitrogens is 2. The van der Waals surface area contributed by atoms with E-state index in [2.05, 4.69) is 16.9 Å². The highest BCUT2D eigenvalue weighted by atomic mass is 32.2. The van der Waals surface area contributed by atoms with E-state index in [-0.39, 0.29) is 19.4 Å². The molecule has 0 bridgehead atoms. The summed E-state index contributed by atoms with van der Waals surface area (Å²) >= 11 is 0. The molecule has 1 aromatic carbocycles. The number of hydrogen-bond donors (Lipinski definition) is 1. The normalized spacial score (nSPS) is 24.3. The number of ketones is 1. The Morgan fingerprint density at radius 2 is 1.85 bits per heavy atom. The van der Waals surface area contributed by atoms with Gasteiger partial charge in [0.2, 0.25) is 11.8 Å². The van der Waals surface area contributed by atoms with Gasteiger partial charge in [0.15, 0.2) is 15.6 Å². The Morgan fingerprint density at radius 3 is 2.50 bits per heavy atom. The number of carbonyl (C=O) groups excluding carboxylic acids is 3. The molecule has 11 nitrogen and oxygen atoms in total. The maximum atomic E-state index is 13.9. The predicted molar refractivity (Wildman–Crippen MR) is 172 cm³/mol. The fourth-order valence-electron chi connectivity index (χ4n) is 6.00. The first-order valence-corrected chi connectivity index (χ1v) is 17.2. The van der Waals surface area contributed by atoms with E-state index in [9.17, 15) is 22.8 Å². The van der Waals surface area contributed by atoms with Gasteiger partial charge in [-0.15, -0.1) is 6.58 Å². The van der Waals surface area contributed by atoms with E-state index in [0.29, 0.717) is 24.4 Å². The zero-order valence-electron chi connectivity index (χ0n) is 26.1. The van der Waals surface area contributed by atoms with Crippen molar-refractivity contribution in [2.45, 2.75) is 75.0 Å². The summed E-state index contributed by atoms with van der Waals surface area (Å²) in [5.74, 6) is -1.84. The van der Waals surface area contributed by atoms with E-state index < -0.39 is 67.8 Å². The first-order valence-electron chi connectivity index (χ1n) is 15.5. The van der Waals surface area contributed by atoms with Gasteiger partial charge < -0.3 is 14.8 Å². The lowest BCUT2D eigenvalue weighted by atomic mass is 10.1. The molecule has 0 radical (unpaired) electrons. The second-order valence-corrected chi connectivity index (χ2v) is 15.6. The van der Waals surface area contributed by atoms with Crippen LogP contribution < -0.4 is 10.1 Å². The van der Waals surface area contributed by atoms with Crippen LogP contribution in [0.15, 0.2) is 67.5 Å². The van der Waals surface area contributed by atoms with Crippen LogP contribution in [-0.2, 0) is 24.2 Å². The van der Waals surface area contributed by atoms with E-state index in [1.807, 2.05) is 42.5 Å². The topological polar surface area (TPSA) is 145 Å². The zero-order valence-corrected chi connectivity index (χ0v) is 27.0. The molecule has 3 aliphatic rings. The summed E-state index contributed by atoms with van der Waals surface area (Å²) in [7, 11) is -3.60. The number of fused-ring (bicyclic) bond motifs is 1. The van der Waals surface area contributed by atoms with Gasteiger partial charge in [-0.05, 0) is 69.7 Å². The first kappa shape index (κ1) is 31.7. The zero-order chi connectivity index (χ0) is 32.9. The number of rotatable bonds is 10. The number of hydrogen-bond acceptors (Lipinski definition) is 9. The number of likely N-dealkylation sites (tertiary alicyclic amines) is 1. The molecule has 6 rings (SSSR count). The summed E-state index contributed by atoms with van der Waals surface area (Å²) in [5, 5.41) is 4.01. The summed E-state index contributed by atoms with van der Waals surface area (Å²) in [5.41, 5.74) is -0.676. The van der Waals surface area contributed by atoms with Crippen molar-refractivity contribution in [1.82, 2.24) is 20.2 Å². The van der Waals surface area contributed by atoms with E-state index in [0.717, 1.165) is 16.3 Å². The third-order valence-corrected chi connectivity index (χ3v) is 10.8. The van der Waals surface area contributed by atoms with E-state index in [1.165, 1.54) is 4.90 Å². The van der Waals surface area contributed by atoms with Gasteiger partial charge in [0.05, 0.1) is 17.5 Å². The van der Waals surface area contributed by atoms with Crippen LogP contribution >= 0.6 is 0 Å². The molecule has 1 N–H and O–H groups in total. The molecule has 242 valence electrons. The molecule has 1 saturated heterocycles. The lowest BCUT2D eigenvalue weighted by Crippen LogP contribution is -2.54. The van der Waals surface area contributed by atoms with Gasteiger partial charge in [0.25, 0.3) is 0 Å². The molecule has 12 heteroatoms. The van der Waals surface area contributed by atoms with Crippen LogP contribution in [0.25, 0.3) is 22.0 Å². The number of ether oxygens (including phenoxy) is 2. The Morgan fingerprint density at radius 1 is 1.13 bits per heavy atom. The minimum absolute atomic E-state index is 0.0321. The van der Waals surface area contributed by atoms with Gasteiger partial charge in [-0.25, -0.2) is 18.2 Å². The Hall–Kier alpha value is -4.32. The number of pyridine rings is 2. The van der Waals surface area contributed by atoms with Crippen molar-refractivity contribution in [1.29, 1.82) is 0 Å². The van der Waals surface area contributed by atoms with Crippen LogP contribution in [0, 0.1) is 5.92 Å². The number of amides is 2. The minimum atomic E-state index is -3.60. The Labute approximate surface area is 268 Å². The average molecular weight is 647 g/mol. The molecule has 1 aliphatic heterocycles. The number of carbonyl (C=O) groups is 3. The van der Waals surface area contributed by atoms with Crippen LogP contribution in [0.2, 0.25) is 0 Å². The van der Waals surface area contributed by atoms with Gasteiger partial charge in [0, 0.05) is 35.7 Å². The molecule has 3 fully saturated rings. The van der Waals surface area contributed by atoms with Gasteiger partial charge >= 0.3 is 6.09 Å². The molecule has 2 amide bonds. The smallest absolute Gasteiger partial charge is 0.411 e. The van der Waals surface area contributed by atoms with Crippen molar-refractivity contribution in [3.63, 3.8) is 0 Å². The van der Waals surface area contributed by atoms with Crippen LogP contribution in [0.3, 0.4) is 0 Å². The highest BCUT2D eigenvalue weighted by Crippen LogP contribution is 2.46. The molecule has 46 heavy (non-hydrogen) atoms. The molecular formula is C34H38N4O7S. The van der Waals surface area contributed by atoms with Gasteiger partial charge in [-0.3, -0.25) is 19.5 Å². The van der Waals surface area contributed by atoms with Gasteiger partial charge in [0.1, 0.15) is 29.0 Å². The largest absolute Gasteiger partial charge is 0.472 e. The van der Waals surface area contributed by atoms with Gasteiger partial charge in [-0.1, -0.05) is 24.3 Å². The third-order valence-electron chi connectivity index (χ3n) is 8.66. The van der Waals surface area contributed by atoms with Crippen molar-refractivity contribution in [2.24, 2.45) is 5.92 Å². The number of Topliss-reactive ketones (excluding diaryl/α,β-unsaturated/α-hetero) is 1. The number of nitrogens with zero attached hydrogens (tertiary/aromatic N) is 3. The molecule has 4 atom stereocenters. The summed E-state index contributed by atoms with van der Waals surface area (Å²) in [4.78, 5) is 50.9. The Balaban J connectivity index is 1.27. The Kier molecular flexibility index (Phi) is 8.12. The maximum absolute atomic E-state index is 13.9. The average Bonchev–Trinajstić information content (AvgIpc) is 3.93. The highest BCUT2D eigenvalue weighted by molar-refractivity contribution is 7.93. The minimum Gasteiger partial charge on any atom is -0.472 e. The van der Waals surface area contributed by atoms with E-state index in [4.69, 9.17) is 14.5 Å². The molecular weight excluding hydrogens is 608 g/mol. The van der Waals surface area contributed by atoms with Crippen LogP contribution in [0.4, 0.5) is 4.79 Å². The fraction of sp³-hybridized carbons (Fsp3) is 0.441. The van der Waals surface area contributed by atoms with Crippen LogP contribution in [0.5, 0.6) is 5.88 Å². The van der Waals surface area contributed by atoms with Crippen molar-refractivity contribution in [3.05, 3.63) is 67.5 Å². The molecule has 0 spiro atoms. The number of sulfone groups is 1. The quantitative estimate of drug-likeness (QED) is 0.320. The van der Waals surface area contributed by atoms with Crippen LogP contribution in [-0.4, -0.2) is 81.9 Å². The summed E-state index contributed by atoms with van der Waals surface area (Å²) in [6.45, 7) is 9.01. The van der Waals surface area contributed by atoms with Crippen molar-refractivity contribution in [3.8, 4) is 17.1 Å². The van der Waals surface area contributed by atoms with E-state index in [1.54, 1.807) is 39.2 Å². The molecule has 2 saturated carbocycles. The second-order valence-electron chi connectivity index (χ2n) is 13.3. The second kappa shape index (κ2) is 11.8. The molecule has 0 unspecified atom stereocenters. The molecule has 3 heterocycles. The van der Waals surface area contributed by atoms with Gasteiger partial charge in [-0.2, -0.15) is 0 Å². The first-order chi connectivity index (χ1) is 21.8. The molecule has 2 aromatic heterocycles. The van der Waals surface area contributed by atoms with Crippen molar-refractivity contribution >= 4 is 38.4 Å². The van der Waals surface area contributed by atoms with Crippen molar-refractivity contribution in [2.75, 3.05) is 12.3 Å². The lowest BCUT2D eigenvalue weighted by molar-refractivity contribution is -0.130. The SMILES string of the molecule is C=C[C@@H]1C[C@]1(NC(=O)[C@@H]1C[C@@H](Oc2nc(-c3ccncc3)cc3ccccc23)CN1C(=O)OC(C)(C)C)C(=O)CS(=O)(=O)C1CC1. The molecule has 2 aliphatic carbocycles. The van der Waals surface area contributed by atoms with Crippen LogP contribution in [0.1, 0.15) is 46.5 Å².